The Morgan fingerprint density at radius 3 is 2.58 bits per heavy atom. The first-order valence-electron chi connectivity index (χ1n) is 13.4. The Labute approximate surface area is 238 Å². The topological polar surface area (TPSA) is 103 Å². The fraction of sp³-hybridized carbons (Fsp3) is 0.258. The maximum Gasteiger partial charge on any atom is 0.259 e. The molecule has 3 aromatic rings. The maximum absolute atomic E-state index is 13.6. The number of carbonyl (C=O) groups excluding carboxylic acids is 3. The minimum absolute atomic E-state index is 0.0568. The lowest BCUT2D eigenvalue weighted by Gasteiger charge is -2.27. The second-order valence-corrected chi connectivity index (χ2v) is 10.9. The van der Waals surface area contributed by atoms with E-state index in [-0.39, 0.29) is 24.1 Å². The number of nitrogens with one attached hydrogen (secondary N) is 2. The van der Waals surface area contributed by atoms with E-state index in [0.29, 0.717) is 36.1 Å². The summed E-state index contributed by atoms with van der Waals surface area (Å²) in [6, 6.07) is 24.1. The molecule has 2 aliphatic heterocycles. The third-order valence-corrected chi connectivity index (χ3v) is 8.02. The van der Waals surface area contributed by atoms with Gasteiger partial charge < -0.3 is 10.6 Å². The van der Waals surface area contributed by atoms with Crippen molar-refractivity contribution in [3.8, 4) is 0 Å². The van der Waals surface area contributed by atoms with Gasteiger partial charge in [0, 0.05) is 17.8 Å². The van der Waals surface area contributed by atoms with E-state index in [1.54, 1.807) is 0 Å². The Kier molecular flexibility index (Phi) is 8.40. The Morgan fingerprint density at radius 2 is 1.80 bits per heavy atom. The molecule has 0 fully saturated rings. The average molecular weight is 554 g/mol. The molecule has 8 nitrogen and oxygen atoms in total. The summed E-state index contributed by atoms with van der Waals surface area (Å²) in [5.74, 6) is -0.252. The van der Waals surface area contributed by atoms with Gasteiger partial charge in [-0.1, -0.05) is 73.3 Å². The summed E-state index contributed by atoms with van der Waals surface area (Å²) in [7, 11) is 0. The minimum atomic E-state index is -0.857. The van der Waals surface area contributed by atoms with Gasteiger partial charge in [-0.25, -0.2) is 9.89 Å². The molecule has 0 radical (unpaired) electrons. The average Bonchev–Trinajstić information content (AvgIpc) is 3.28. The Hall–Kier alpha value is -4.24. The summed E-state index contributed by atoms with van der Waals surface area (Å²) < 4.78 is 0. The van der Waals surface area contributed by atoms with Crippen molar-refractivity contribution >= 4 is 51.9 Å². The van der Waals surface area contributed by atoms with Gasteiger partial charge in [0.05, 0.1) is 17.4 Å². The molecule has 0 spiro atoms. The van der Waals surface area contributed by atoms with Crippen LogP contribution in [0.2, 0.25) is 0 Å². The molecule has 3 amide bonds. The number of para-hydroxylation sites is 1. The van der Waals surface area contributed by atoms with Crippen molar-refractivity contribution < 1.29 is 14.4 Å². The van der Waals surface area contributed by atoms with Gasteiger partial charge in [-0.15, -0.1) is 0 Å². The van der Waals surface area contributed by atoms with Gasteiger partial charge in [0.15, 0.2) is 5.17 Å². The number of aliphatic imine (C=N–C) groups is 2. The molecule has 0 saturated heterocycles. The van der Waals surface area contributed by atoms with Gasteiger partial charge >= 0.3 is 0 Å². The van der Waals surface area contributed by atoms with Crippen LogP contribution in [0.3, 0.4) is 0 Å². The van der Waals surface area contributed by atoms with E-state index in [9.17, 15) is 14.4 Å². The maximum atomic E-state index is 13.6. The summed E-state index contributed by atoms with van der Waals surface area (Å²) in [5.41, 5.74) is 4.30. The third-order valence-electron chi connectivity index (χ3n) is 6.70. The van der Waals surface area contributed by atoms with Gasteiger partial charge in [-0.2, -0.15) is 0 Å². The van der Waals surface area contributed by atoms with Crippen LogP contribution in [0.5, 0.6) is 0 Å². The molecule has 204 valence electrons. The summed E-state index contributed by atoms with van der Waals surface area (Å²) >= 11 is 1.24. The zero-order valence-electron chi connectivity index (χ0n) is 22.5. The molecule has 0 saturated carbocycles. The molecule has 0 bridgehead atoms. The molecule has 5 rings (SSSR count). The van der Waals surface area contributed by atoms with Crippen molar-refractivity contribution in [3.05, 3.63) is 95.6 Å². The van der Waals surface area contributed by atoms with Crippen molar-refractivity contribution in [2.75, 3.05) is 11.9 Å². The number of amides is 3. The van der Waals surface area contributed by atoms with Gasteiger partial charge in [0.1, 0.15) is 11.9 Å². The largest absolute Gasteiger partial charge is 0.356 e. The number of fused-ring (bicyclic) bond motifs is 3. The number of hydrogen-bond donors (Lipinski definition) is 2. The van der Waals surface area contributed by atoms with Crippen LogP contribution in [0.1, 0.15) is 36.5 Å². The first-order chi connectivity index (χ1) is 19.4. The lowest BCUT2D eigenvalue weighted by atomic mass is 10.1. The second-order valence-electron chi connectivity index (χ2n) is 9.72. The van der Waals surface area contributed by atoms with Crippen molar-refractivity contribution in [3.63, 3.8) is 0 Å². The number of carbonyl (C=O) groups is 3. The molecular formula is C31H31N5O3S. The molecule has 0 aromatic heterocycles. The second kappa shape index (κ2) is 12.3. The van der Waals surface area contributed by atoms with Crippen molar-refractivity contribution in [2.24, 2.45) is 9.98 Å². The minimum Gasteiger partial charge on any atom is -0.356 e. The van der Waals surface area contributed by atoms with Crippen LogP contribution in [0, 0.1) is 6.92 Å². The highest BCUT2D eigenvalue weighted by molar-refractivity contribution is 8.15. The van der Waals surface area contributed by atoms with Crippen LogP contribution in [0.4, 0.5) is 11.4 Å². The fourth-order valence-electron chi connectivity index (χ4n) is 4.65. The molecule has 9 heteroatoms. The lowest BCUT2D eigenvalue weighted by Crippen LogP contribution is -2.43. The van der Waals surface area contributed by atoms with Crippen LogP contribution in [-0.4, -0.2) is 51.5 Å². The zero-order chi connectivity index (χ0) is 28.1. The van der Waals surface area contributed by atoms with Gasteiger partial charge in [0.2, 0.25) is 11.8 Å². The molecule has 2 heterocycles. The molecule has 40 heavy (non-hydrogen) atoms. The number of thioether (sulfide) groups is 1. The standard InChI is InChI=1S/C31H31N5O3S/c1-3-26(29(38)33-22-13-9-10-20(2)18-22)40-31-35-24-15-8-7-14-23(24)28-34-25(30(39)36(28)31)19-27(37)32-17-16-21-11-5-4-6-12-21/h4-15,18,25-26H,3,16-17,19H2,1-2H3,(H,32,37)(H,33,38)/t25-,26-/m1/s1. The predicted molar refractivity (Wildman–Crippen MR) is 160 cm³/mol. The summed E-state index contributed by atoms with van der Waals surface area (Å²) in [6.45, 7) is 4.37. The number of aryl methyl sites for hydroxylation is 1. The van der Waals surface area contributed by atoms with Crippen LogP contribution >= 0.6 is 11.8 Å². The van der Waals surface area contributed by atoms with Crippen LogP contribution in [0.25, 0.3) is 0 Å². The van der Waals surface area contributed by atoms with E-state index in [4.69, 9.17) is 4.99 Å². The van der Waals surface area contributed by atoms with E-state index in [1.807, 2.05) is 92.7 Å². The van der Waals surface area contributed by atoms with E-state index in [0.717, 1.165) is 22.4 Å². The smallest absolute Gasteiger partial charge is 0.259 e. The van der Waals surface area contributed by atoms with Gasteiger partial charge in [-0.3, -0.25) is 19.4 Å². The summed E-state index contributed by atoms with van der Waals surface area (Å²) in [6.07, 6.45) is 1.18. The highest BCUT2D eigenvalue weighted by Crippen LogP contribution is 2.35. The normalized spacial score (nSPS) is 16.4. The monoisotopic (exact) mass is 553 g/mol. The van der Waals surface area contributed by atoms with Crippen molar-refractivity contribution in [2.45, 2.75) is 44.4 Å². The number of anilines is 1. The fourth-order valence-corrected chi connectivity index (χ4v) is 5.67. The predicted octanol–water partition coefficient (Wildman–Crippen LogP) is 4.85. The first-order valence-corrected chi connectivity index (χ1v) is 14.3. The summed E-state index contributed by atoms with van der Waals surface area (Å²) in [4.78, 5) is 50.4. The molecule has 2 atom stereocenters. The van der Waals surface area contributed by atoms with E-state index < -0.39 is 11.3 Å². The Bertz CT molecular complexity index is 1490. The SMILES string of the molecule is CC[C@@H](SC1=Nc2ccccc2C2=N[C@H](CC(=O)NCCc3ccccc3)C(=O)N12)C(=O)Nc1cccc(C)c1. The number of amidine groups is 2. The van der Waals surface area contributed by atoms with Crippen LogP contribution in [0.15, 0.2) is 88.8 Å². The van der Waals surface area contributed by atoms with Crippen LogP contribution in [-0.2, 0) is 20.8 Å². The molecule has 2 aliphatic rings. The highest BCUT2D eigenvalue weighted by atomic mass is 32.2. The highest BCUT2D eigenvalue weighted by Gasteiger charge is 2.43. The molecule has 0 unspecified atom stereocenters. The van der Waals surface area contributed by atoms with Gasteiger partial charge in [-0.05, 0) is 55.2 Å². The molecule has 0 aliphatic carbocycles. The van der Waals surface area contributed by atoms with Gasteiger partial charge in [0.25, 0.3) is 5.91 Å². The Morgan fingerprint density at radius 1 is 1.02 bits per heavy atom. The zero-order valence-corrected chi connectivity index (χ0v) is 23.3. The number of hydrogen-bond acceptors (Lipinski definition) is 6. The number of rotatable bonds is 9. The molecule has 2 N–H and O–H groups in total. The Balaban J connectivity index is 1.30. The van der Waals surface area contributed by atoms with Crippen LogP contribution < -0.4 is 10.6 Å². The summed E-state index contributed by atoms with van der Waals surface area (Å²) in [5, 5.41) is 5.79. The van der Waals surface area contributed by atoms with Crippen molar-refractivity contribution in [1.29, 1.82) is 0 Å². The number of benzene rings is 3. The van der Waals surface area contributed by atoms with Crippen molar-refractivity contribution in [1.82, 2.24) is 10.2 Å². The molecular weight excluding hydrogens is 522 g/mol. The van der Waals surface area contributed by atoms with E-state index in [2.05, 4.69) is 15.6 Å². The molecule has 3 aromatic carbocycles. The quantitative estimate of drug-likeness (QED) is 0.395. The number of nitrogens with zero attached hydrogens (tertiary/aromatic N) is 3. The van der Waals surface area contributed by atoms with E-state index in [1.165, 1.54) is 16.7 Å². The third kappa shape index (κ3) is 6.15. The van der Waals surface area contributed by atoms with E-state index >= 15 is 0 Å². The first kappa shape index (κ1) is 27.3. The lowest BCUT2D eigenvalue weighted by molar-refractivity contribution is -0.128.